The van der Waals surface area contributed by atoms with Crippen molar-refractivity contribution in [2.24, 2.45) is 0 Å². The van der Waals surface area contributed by atoms with Gasteiger partial charge >= 0.3 is 0 Å². The van der Waals surface area contributed by atoms with Crippen LogP contribution in [-0.2, 0) is 14.8 Å². The maximum absolute atomic E-state index is 13.2. The number of sulfonamides is 1. The fraction of sp³-hybridized carbons (Fsp3) is 0.136. The molecule has 3 aromatic rings. The summed E-state index contributed by atoms with van der Waals surface area (Å²) in [5.41, 5.74) is 3.24. The first kappa shape index (κ1) is 19.6. The van der Waals surface area contributed by atoms with Gasteiger partial charge in [-0.3, -0.25) is 9.10 Å². The van der Waals surface area contributed by atoms with Gasteiger partial charge in [-0.25, -0.2) is 8.42 Å². The molecule has 0 aliphatic carbocycles. The maximum atomic E-state index is 13.2. The zero-order chi connectivity index (χ0) is 20.1. The first-order valence-corrected chi connectivity index (χ1v) is 10.3. The molecule has 0 aliphatic heterocycles. The van der Waals surface area contributed by atoms with E-state index in [9.17, 15) is 13.2 Å². The lowest BCUT2D eigenvalue weighted by atomic mass is 10.1. The number of carbonyl (C=O) groups excluding carboxylic acids is 1. The van der Waals surface area contributed by atoms with E-state index in [-0.39, 0.29) is 11.4 Å². The first-order chi connectivity index (χ1) is 13.4. The number of nitrogens with zero attached hydrogens (tertiary/aromatic N) is 1. The molecule has 28 heavy (non-hydrogen) atoms. The van der Waals surface area contributed by atoms with E-state index in [0.29, 0.717) is 11.4 Å². The number of aryl methyl sites for hydroxylation is 2. The minimum atomic E-state index is -3.88. The van der Waals surface area contributed by atoms with E-state index in [1.165, 1.54) is 12.1 Å². The highest BCUT2D eigenvalue weighted by atomic mass is 32.2. The van der Waals surface area contributed by atoms with Gasteiger partial charge in [0.2, 0.25) is 5.91 Å². The molecule has 0 saturated heterocycles. The molecule has 0 bridgehead atoms. The molecule has 0 heterocycles. The molecule has 0 radical (unpaired) electrons. The average molecular weight is 394 g/mol. The molecule has 3 rings (SSSR count). The van der Waals surface area contributed by atoms with Crippen LogP contribution in [0.15, 0.2) is 83.8 Å². The third kappa shape index (κ3) is 4.40. The van der Waals surface area contributed by atoms with E-state index in [4.69, 9.17) is 0 Å². The molecular formula is C22H22N2O3S. The van der Waals surface area contributed by atoms with Gasteiger partial charge in [-0.2, -0.15) is 0 Å². The van der Waals surface area contributed by atoms with Gasteiger partial charge in [0.25, 0.3) is 10.0 Å². The predicted molar refractivity (Wildman–Crippen MR) is 112 cm³/mol. The molecule has 6 heteroatoms. The summed E-state index contributed by atoms with van der Waals surface area (Å²) in [5.74, 6) is -0.411. The highest BCUT2D eigenvalue weighted by Crippen LogP contribution is 2.23. The number of benzene rings is 3. The quantitative estimate of drug-likeness (QED) is 0.683. The smallest absolute Gasteiger partial charge is 0.264 e. The van der Waals surface area contributed by atoms with E-state index < -0.39 is 15.9 Å². The number of hydrogen-bond donors (Lipinski definition) is 1. The van der Waals surface area contributed by atoms with Crippen LogP contribution in [0, 0.1) is 13.8 Å². The highest BCUT2D eigenvalue weighted by molar-refractivity contribution is 7.92. The molecular weight excluding hydrogens is 372 g/mol. The van der Waals surface area contributed by atoms with Crippen molar-refractivity contribution in [1.29, 1.82) is 0 Å². The fourth-order valence-electron chi connectivity index (χ4n) is 2.78. The average Bonchev–Trinajstić information content (AvgIpc) is 2.70. The topological polar surface area (TPSA) is 66.5 Å². The van der Waals surface area contributed by atoms with Crippen LogP contribution in [0.5, 0.6) is 0 Å². The minimum absolute atomic E-state index is 0.137. The summed E-state index contributed by atoms with van der Waals surface area (Å²) in [6.07, 6.45) is 0. The number of para-hydroxylation sites is 1. The molecule has 0 atom stereocenters. The summed E-state index contributed by atoms with van der Waals surface area (Å²) in [5, 5.41) is 2.79. The SMILES string of the molecule is Cc1ccc(NC(=O)CN(c2ccccc2)S(=O)(=O)c2ccccc2)cc1C. The monoisotopic (exact) mass is 394 g/mol. The molecule has 1 amide bonds. The van der Waals surface area contributed by atoms with Crippen molar-refractivity contribution in [1.82, 2.24) is 0 Å². The second-order valence-electron chi connectivity index (χ2n) is 6.51. The van der Waals surface area contributed by atoms with Crippen LogP contribution >= 0.6 is 0 Å². The van der Waals surface area contributed by atoms with Gasteiger partial charge in [-0.15, -0.1) is 0 Å². The lowest BCUT2D eigenvalue weighted by molar-refractivity contribution is -0.114. The van der Waals surface area contributed by atoms with Gasteiger partial charge in [0.05, 0.1) is 10.6 Å². The Morgan fingerprint density at radius 1 is 0.857 bits per heavy atom. The Hall–Kier alpha value is -3.12. The summed E-state index contributed by atoms with van der Waals surface area (Å²) in [7, 11) is -3.88. The number of anilines is 2. The second kappa shape index (κ2) is 8.27. The van der Waals surface area contributed by atoms with Gasteiger partial charge in [0.1, 0.15) is 6.54 Å². The van der Waals surface area contributed by atoms with Crippen molar-refractivity contribution in [3.05, 3.63) is 90.0 Å². The van der Waals surface area contributed by atoms with Crippen LogP contribution in [0.2, 0.25) is 0 Å². The molecule has 0 unspecified atom stereocenters. The Labute approximate surface area is 165 Å². The van der Waals surface area contributed by atoms with Gasteiger partial charge in [-0.1, -0.05) is 42.5 Å². The molecule has 0 aromatic heterocycles. The van der Waals surface area contributed by atoms with Crippen molar-refractivity contribution in [3.8, 4) is 0 Å². The van der Waals surface area contributed by atoms with Crippen LogP contribution in [0.4, 0.5) is 11.4 Å². The van der Waals surface area contributed by atoms with E-state index in [1.54, 1.807) is 54.6 Å². The van der Waals surface area contributed by atoms with Crippen LogP contribution in [0.1, 0.15) is 11.1 Å². The number of carbonyl (C=O) groups is 1. The predicted octanol–water partition coefficient (Wildman–Crippen LogP) is 4.14. The molecule has 0 saturated carbocycles. The summed E-state index contributed by atoms with van der Waals surface area (Å²) in [4.78, 5) is 12.8. The highest BCUT2D eigenvalue weighted by Gasteiger charge is 2.27. The third-order valence-electron chi connectivity index (χ3n) is 4.45. The largest absolute Gasteiger partial charge is 0.325 e. The van der Waals surface area contributed by atoms with Gasteiger partial charge in [0, 0.05) is 5.69 Å². The van der Waals surface area contributed by atoms with Crippen LogP contribution in [-0.4, -0.2) is 20.9 Å². The van der Waals surface area contributed by atoms with E-state index in [0.717, 1.165) is 15.4 Å². The van der Waals surface area contributed by atoms with Crippen molar-refractivity contribution < 1.29 is 13.2 Å². The zero-order valence-electron chi connectivity index (χ0n) is 15.8. The van der Waals surface area contributed by atoms with E-state index in [1.807, 2.05) is 26.0 Å². The van der Waals surface area contributed by atoms with Crippen molar-refractivity contribution in [2.75, 3.05) is 16.2 Å². The summed E-state index contributed by atoms with van der Waals surface area (Å²) in [6.45, 7) is 3.62. The van der Waals surface area contributed by atoms with Gasteiger partial charge < -0.3 is 5.32 Å². The number of hydrogen-bond acceptors (Lipinski definition) is 3. The van der Waals surface area contributed by atoms with Crippen LogP contribution in [0.25, 0.3) is 0 Å². The Morgan fingerprint density at radius 2 is 1.46 bits per heavy atom. The van der Waals surface area contributed by atoms with Crippen molar-refractivity contribution >= 4 is 27.3 Å². The molecule has 0 aliphatic rings. The minimum Gasteiger partial charge on any atom is -0.325 e. The Balaban J connectivity index is 1.90. The Kier molecular flexibility index (Phi) is 5.80. The zero-order valence-corrected chi connectivity index (χ0v) is 16.6. The molecule has 5 nitrogen and oxygen atoms in total. The number of nitrogens with one attached hydrogen (secondary N) is 1. The molecule has 0 fully saturated rings. The summed E-state index contributed by atoms with van der Waals surface area (Å²) >= 11 is 0. The summed E-state index contributed by atoms with van der Waals surface area (Å²) < 4.78 is 27.5. The lowest BCUT2D eigenvalue weighted by Crippen LogP contribution is -2.38. The third-order valence-corrected chi connectivity index (χ3v) is 6.24. The first-order valence-electron chi connectivity index (χ1n) is 8.88. The molecule has 0 spiro atoms. The van der Waals surface area contributed by atoms with E-state index >= 15 is 0 Å². The molecule has 1 N–H and O–H groups in total. The molecule has 144 valence electrons. The standard InChI is InChI=1S/C22H22N2O3S/c1-17-13-14-19(15-18(17)2)23-22(25)16-24(20-9-5-3-6-10-20)28(26,27)21-11-7-4-8-12-21/h3-15H,16H2,1-2H3,(H,23,25). The molecule has 3 aromatic carbocycles. The number of rotatable bonds is 6. The van der Waals surface area contributed by atoms with Crippen LogP contribution < -0.4 is 9.62 Å². The fourth-order valence-corrected chi connectivity index (χ4v) is 4.22. The summed E-state index contributed by atoms with van der Waals surface area (Å²) in [6, 6.07) is 22.3. The van der Waals surface area contributed by atoms with Gasteiger partial charge in [-0.05, 0) is 61.4 Å². The number of amides is 1. The maximum Gasteiger partial charge on any atom is 0.264 e. The normalized spacial score (nSPS) is 11.1. The van der Waals surface area contributed by atoms with Crippen molar-refractivity contribution in [3.63, 3.8) is 0 Å². The lowest BCUT2D eigenvalue weighted by Gasteiger charge is -2.24. The second-order valence-corrected chi connectivity index (χ2v) is 8.37. The van der Waals surface area contributed by atoms with Crippen molar-refractivity contribution in [2.45, 2.75) is 18.7 Å². The Bertz CT molecular complexity index is 1070. The Morgan fingerprint density at radius 3 is 2.07 bits per heavy atom. The van der Waals surface area contributed by atoms with E-state index in [2.05, 4.69) is 5.32 Å². The van der Waals surface area contributed by atoms with Crippen LogP contribution in [0.3, 0.4) is 0 Å². The van der Waals surface area contributed by atoms with Gasteiger partial charge in [0.15, 0.2) is 0 Å².